The van der Waals surface area contributed by atoms with E-state index in [0.717, 1.165) is 5.56 Å². The molecule has 0 aliphatic carbocycles. The summed E-state index contributed by atoms with van der Waals surface area (Å²) in [5.41, 5.74) is 1.50. The minimum Gasteiger partial charge on any atom is -0.492 e. The Hall–Kier alpha value is -3.60. The number of halogens is 1. The second kappa shape index (κ2) is 12.5. The maximum Gasteiger partial charge on any atom is 0.263 e. The predicted octanol–water partition coefficient (Wildman–Crippen LogP) is 4.25. The van der Waals surface area contributed by atoms with E-state index in [9.17, 15) is 18.0 Å². The summed E-state index contributed by atoms with van der Waals surface area (Å²) in [6, 6.07) is 21.0. The lowest BCUT2D eigenvalue weighted by atomic mass is 9.97. The van der Waals surface area contributed by atoms with Gasteiger partial charge in [0.1, 0.15) is 11.5 Å². The Labute approximate surface area is 245 Å². The lowest BCUT2D eigenvalue weighted by molar-refractivity contribution is -0.129. The Balaban J connectivity index is 1.32. The van der Waals surface area contributed by atoms with Crippen LogP contribution in [0.25, 0.3) is 0 Å². The molecule has 1 fully saturated rings. The Morgan fingerprint density at radius 1 is 1.05 bits per heavy atom. The summed E-state index contributed by atoms with van der Waals surface area (Å²) in [4.78, 5) is 28.6. The van der Waals surface area contributed by atoms with E-state index in [2.05, 4.69) is 5.32 Å². The summed E-state index contributed by atoms with van der Waals surface area (Å²) in [7, 11) is -3.90. The summed E-state index contributed by atoms with van der Waals surface area (Å²) < 4.78 is 39.8. The zero-order valence-electron chi connectivity index (χ0n) is 22.7. The van der Waals surface area contributed by atoms with Crippen molar-refractivity contribution in [3.8, 4) is 11.5 Å². The van der Waals surface area contributed by atoms with Crippen LogP contribution in [-0.2, 0) is 26.2 Å². The standard InChI is InChI=1S/C30H32ClN3O6S/c1-2-39-26-15-14-23(17-24(26)31)41(37,38)33-16-8-11-22(19-33)30(36)34-20-28(40-27-13-7-6-12-25(27)34)29(35)32-18-21-9-4-3-5-10-21/h3-7,9-10,12-15,17,22,28H,2,8,11,16,18-20H2,1H3,(H,32,35)/t22-,28-/m1/s1. The molecule has 1 N–H and O–H groups in total. The number of piperidine rings is 1. The quantitative estimate of drug-likeness (QED) is 0.416. The van der Waals surface area contributed by atoms with Gasteiger partial charge in [0.25, 0.3) is 5.91 Å². The van der Waals surface area contributed by atoms with E-state index in [4.69, 9.17) is 21.1 Å². The van der Waals surface area contributed by atoms with Gasteiger partial charge >= 0.3 is 0 Å². The van der Waals surface area contributed by atoms with Crippen LogP contribution in [0.5, 0.6) is 11.5 Å². The van der Waals surface area contributed by atoms with Gasteiger partial charge in [-0.2, -0.15) is 4.31 Å². The summed E-state index contributed by atoms with van der Waals surface area (Å²) >= 11 is 6.26. The Kier molecular flexibility index (Phi) is 8.82. The van der Waals surface area contributed by atoms with E-state index in [1.165, 1.54) is 16.4 Å². The first kappa shape index (κ1) is 28.9. The van der Waals surface area contributed by atoms with Crippen LogP contribution in [0, 0.1) is 5.92 Å². The predicted molar refractivity (Wildman–Crippen MR) is 156 cm³/mol. The number of hydrogen-bond acceptors (Lipinski definition) is 6. The molecule has 2 aliphatic rings. The molecule has 216 valence electrons. The highest BCUT2D eigenvalue weighted by Gasteiger charge is 2.40. The first-order chi connectivity index (χ1) is 19.8. The number of rotatable bonds is 8. The van der Waals surface area contributed by atoms with E-state index in [1.807, 2.05) is 37.3 Å². The van der Waals surface area contributed by atoms with Crippen LogP contribution in [0.15, 0.2) is 77.7 Å². The molecule has 0 aromatic heterocycles. The molecule has 3 aromatic rings. The smallest absolute Gasteiger partial charge is 0.263 e. The molecule has 0 radical (unpaired) electrons. The fourth-order valence-electron chi connectivity index (χ4n) is 5.12. The van der Waals surface area contributed by atoms with Crippen molar-refractivity contribution in [3.05, 3.63) is 83.4 Å². The summed E-state index contributed by atoms with van der Waals surface area (Å²) in [5, 5.41) is 3.10. The molecule has 0 bridgehead atoms. The second-order valence-electron chi connectivity index (χ2n) is 9.95. The van der Waals surface area contributed by atoms with Crippen molar-refractivity contribution in [2.24, 2.45) is 5.92 Å². The topological polar surface area (TPSA) is 105 Å². The average Bonchev–Trinajstić information content (AvgIpc) is 3.00. The lowest BCUT2D eigenvalue weighted by Gasteiger charge is -2.38. The second-order valence-corrected chi connectivity index (χ2v) is 12.3. The van der Waals surface area contributed by atoms with E-state index in [0.29, 0.717) is 49.7 Å². The van der Waals surface area contributed by atoms with E-state index >= 15 is 0 Å². The molecule has 1 saturated heterocycles. The lowest BCUT2D eigenvalue weighted by Crippen LogP contribution is -2.53. The van der Waals surface area contributed by atoms with Crippen molar-refractivity contribution >= 4 is 39.1 Å². The highest BCUT2D eigenvalue weighted by atomic mass is 35.5. The van der Waals surface area contributed by atoms with E-state index in [-0.39, 0.29) is 34.8 Å². The van der Waals surface area contributed by atoms with Gasteiger partial charge in [0.05, 0.1) is 34.7 Å². The molecule has 0 unspecified atom stereocenters. The van der Waals surface area contributed by atoms with Gasteiger partial charge in [-0.25, -0.2) is 8.42 Å². The van der Waals surface area contributed by atoms with Crippen LogP contribution in [0.3, 0.4) is 0 Å². The molecule has 9 nitrogen and oxygen atoms in total. The van der Waals surface area contributed by atoms with Gasteiger partial charge in [-0.15, -0.1) is 0 Å². The highest BCUT2D eigenvalue weighted by molar-refractivity contribution is 7.89. The van der Waals surface area contributed by atoms with Gasteiger partial charge in [-0.1, -0.05) is 54.1 Å². The molecule has 41 heavy (non-hydrogen) atoms. The van der Waals surface area contributed by atoms with Crippen LogP contribution in [0.4, 0.5) is 5.69 Å². The van der Waals surface area contributed by atoms with Gasteiger partial charge in [-0.05, 0) is 55.7 Å². The van der Waals surface area contributed by atoms with Crippen LogP contribution in [0.2, 0.25) is 5.02 Å². The molecule has 2 atom stereocenters. The number of benzene rings is 3. The van der Waals surface area contributed by atoms with Gasteiger partial charge in [0.2, 0.25) is 15.9 Å². The number of para-hydroxylation sites is 2. The first-order valence-corrected chi connectivity index (χ1v) is 15.4. The molecule has 0 spiro atoms. The fourth-order valence-corrected chi connectivity index (χ4v) is 6.98. The minimum absolute atomic E-state index is 0.0220. The van der Waals surface area contributed by atoms with Crippen molar-refractivity contribution in [3.63, 3.8) is 0 Å². The molecule has 2 heterocycles. The Bertz CT molecular complexity index is 1520. The van der Waals surface area contributed by atoms with E-state index < -0.39 is 22.0 Å². The Morgan fingerprint density at radius 2 is 1.80 bits per heavy atom. The third-order valence-electron chi connectivity index (χ3n) is 7.22. The number of nitrogens with one attached hydrogen (secondary N) is 1. The normalized spacial score (nSPS) is 19.1. The number of anilines is 1. The minimum atomic E-state index is -3.90. The number of fused-ring (bicyclic) bond motifs is 1. The fraction of sp³-hybridized carbons (Fsp3) is 0.333. The SMILES string of the molecule is CCOc1ccc(S(=O)(=O)N2CCC[C@@H](C(=O)N3C[C@H](C(=O)NCc4ccccc4)Oc4ccccc43)C2)cc1Cl. The number of sulfonamides is 1. The number of amides is 2. The maximum absolute atomic E-state index is 13.9. The maximum atomic E-state index is 13.9. The highest BCUT2D eigenvalue weighted by Crippen LogP contribution is 2.36. The van der Waals surface area contributed by atoms with Gasteiger partial charge < -0.3 is 19.7 Å². The van der Waals surface area contributed by atoms with Crippen LogP contribution >= 0.6 is 11.6 Å². The third kappa shape index (κ3) is 6.34. The summed E-state index contributed by atoms with van der Waals surface area (Å²) in [6.07, 6.45) is 0.138. The van der Waals surface area contributed by atoms with Gasteiger partial charge in [0, 0.05) is 19.6 Å². The largest absolute Gasteiger partial charge is 0.492 e. The van der Waals surface area contributed by atoms with Gasteiger partial charge in [0.15, 0.2) is 6.10 Å². The zero-order chi connectivity index (χ0) is 29.0. The summed E-state index contributed by atoms with van der Waals surface area (Å²) in [5.74, 6) is -0.326. The van der Waals surface area contributed by atoms with Crippen molar-refractivity contribution in [1.82, 2.24) is 9.62 Å². The number of nitrogens with zero attached hydrogens (tertiary/aromatic N) is 2. The van der Waals surface area contributed by atoms with Crippen molar-refractivity contribution in [1.29, 1.82) is 0 Å². The Morgan fingerprint density at radius 3 is 2.56 bits per heavy atom. The van der Waals surface area contributed by atoms with Crippen molar-refractivity contribution in [2.45, 2.75) is 37.3 Å². The summed E-state index contributed by atoms with van der Waals surface area (Å²) in [6.45, 7) is 2.89. The number of ether oxygens (including phenoxy) is 2. The average molecular weight is 598 g/mol. The van der Waals surface area contributed by atoms with Crippen LogP contribution in [-0.4, -0.2) is 56.9 Å². The number of carbonyl (C=O) groups excluding carboxylic acids is 2. The van der Waals surface area contributed by atoms with Crippen molar-refractivity contribution in [2.75, 3.05) is 31.1 Å². The number of carbonyl (C=O) groups is 2. The zero-order valence-corrected chi connectivity index (χ0v) is 24.2. The van der Waals surface area contributed by atoms with E-state index in [1.54, 1.807) is 35.2 Å². The molecular formula is C30H32ClN3O6S. The van der Waals surface area contributed by atoms with Gasteiger partial charge in [-0.3, -0.25) is 9.59 Å². The molecule has 2 aliphatic heterocycles. The molecule has 2 amide bonds. The molecular weight excluding hydrogens is 566 g/mol. The molecule has 3 aromatic carbocycles. The molecule has 11 heteroatoms. The third-order valence-corrected chi connectivity index (χ3v) is 9.37. The van der Waals surface area contributed by atoms with Crippen LogP contribution in [0.1, 0.15) is 25.3 Å². The molecule has 0 saturated carbocycles. The monoisotopic (exact) mass is 597 g/mol. The molecule has 5 rings (SSSR count). The van der Waals surface area contributed by atoms with Crippen molar-refractivity contribution < 1.29 is 27.5 Å². The number of hydrogen-bond donors (Lipinski definition) is 1. The first-order valence-electron chi connectivity index (χ1n) is 13.6. The van der Waals surface area contributed by atoms with Crippen LogP contribution < -0.4 is 19.7 Å².